The van der Waals surface area contributed by atoms with Gasteiger partial charge in [0.2, 0.25) is 5.91 Å². The summed E-state index contributed by atoms with van der Waals surface area (Å²) >= 11 is 5.59. The Balaban J connectivity index is 1.75. The molecule has 0 saturated heterocycles. The fourth-order valence-corrected chi connectivity index (χ4v) is 2.36. The van der Waals surface area contributed by atoms with Gasteiger partial charge >= 0.3 is 0 Å². The van der Waals surface area contributed by atoms with Crippen LogP contribution in [-0.2, 0) is 11.2 Å². The summed E-state index contributed by atoms with van der Waals surface area (Å²) in [4.78, 5) is 11.7. The number of halogens is 1. The molecule has 1 amide bonds. The SMILES string of the molecule is O=C(CCCCl)Nc1cccc(OCCCc2ccccc2)c1. The van der Waals surface area contributed by atoms with Crippen LogP contribution in [-0.4, -0.2) is 18.4 Å². The standard InChI is InChI=1S/C19H22ClNO2/c20-13-5-12-19(22)21-17-10-4-11-18(15-17)23-14-6-9-16-7-2-1-3-8-16/h1-4,7-8,10-11,15H,5-6,9,12-14H2,(H,21,22). The van der Waals surface area contributed by atoms with E-state index in [1.54, 1.807) is 0 Å². The van der Waals surface area contributed by atoms with Gasteiger partial charge in [0.25, 0.3) is 0 Å². The average Bonchev–Trinajstić information content (AvgIpc) is 2.58. The molecule has 2 rings (SSSR count). The van der Waals surface area contributed by atoms with E-state index in [2.05, 4.69) is 17.4 Å². The first-order valence-corrected chi connectivity index (χ1v) is 8.44. The first-order chi connectivity index (χ1) is 11.3. The summed E-state index contributed by atoms with van der Waals surface area (Å²) in [7, 11) is 0. The summed E-state index contributed by atoms with van der Waals surface area (Å²) in [6, 6.07) is 17.8. The van der Waals surface area contributed by atoms with Crippen molar-refractivity contribution < 1.29 is 9.53 Å². The molecule has 0 aliphatic rings. The van der Waals surface area contributed by atoms with Crippen LogP contribution in [0.3, 0.4) is 0 Å². The first kappa shape index (κ1) is 17.4. The van der Waals surface area contributed by atoms with Crippen molar-refractivity contribution in [3.05, 3.63) is 60.2 Å². The summed E-state index contributed by atoms with van der Waals surface area (Å²) in [5.41, 5.74) is 2.07. The second-order valence-corrected chi connectivity index (χ2v) is 5.68. The fraction of sp³-hybridized carbons (Fsp3) is 0.316. The molecule has 0 radical (unpaired) electrons. The molecular formula is C19H22ClNO2. The molecule has 4 heteroatoms. The number of nitrogens with one attached hydrogen (secondary N) is 1. The van der Waals surface area contributed by atoms with Crippen LogP contribution in [0.5, 0.6) is 5.75 Å². The Morgan fingerprint density at radius 2 is 1.87 bits per heavy atom. The first-order valence-electron chi connectivity index (χ1n) is 7.90. The molecule has 0 unspecified atom stereocenters. The second-order valence-electron chi connectivity index (χ2n) is 5.31. The van der Waals surface area contributed by atoms with E-state index in [4.69, 9.17) is 16.3 Å². The van der Waals surface area contributed by atoms with Crippen LogP contribution in [0.4, 0.5) is 5.69 Å². The minimum absolute atomic E-state index is 0.0214. The van der Waals surface area contributed by atoms with Crippen LogP contribution in [0.1, 0.15) is 24.8 Å². The van der Waals surface area contributed by atoms with Crippen molar-refractivity contribution in [2.75, 3.05) is 17.8 Å². The number of hydrogen-bond donors (Lipinski definition) is 1. The molecule has 2 aromatic rings. The molecule has 0 saturated carbocycles. The van der Waals surface area contributed by atoms with Crippen molar-refractivity contribution in [1.82, 2.24) is 0 Å². The summed E-state index contributed by atoms with van der Waals surface area (Å²) in [5.74, 6) is 1.25. The van der Waals surface area contributed by atoms with E-state index >= 15 is 0 Å². The second kappa shape index (κ2) is 9.90. The van der Waals surface area contributed by atoms with Gasteiger partial charge in [0.05, 0.1) is 6.61 Å². The molecule has 0 spiro atoms. The van der Waals surface area contributed by atoms with Gasteiger partial charge in [-0.1, -0.05) is 36.4 Å². The van der Waals surface area contributed by atoms with Gasteiger partial charge in [0, 0.05) is 24.1 Å². The van der Waals surface area contributed by atoms with Crippen LogP contribution < -0.4 is 10.1 Å². The van der Waals surface area contributed by atoms with Crippen molar-refractivity contribution >= 4 is 23.2 Å². The smallest absolute Gasteiger partial charge is 0.224 e. The monoisotopic (exact) mass is 331 g/mol. The largest absolute Gasteiger partial charge is 0.494 e. The van der Waals surface area contributed by atoms with Crippen LogP contribution in [0, 0.1) is 0 Å². The molecule has 0 bridgehead atoms. The normalized spacial score (nSPS) is 10.3. The number of carbonyl (C=O) groups excluding carboxylic acids is 1. The Labute approximate surface area is 142 Å². The average molecular weight is 332 g/mol. The van der Waals surface area contributed by atoms with Gasteiger partial charge in [-0.3, -0.25) is 4.79 Å². The number of amides is 1. The molecule has 0 aliphatic carbocycles. The van der Waals surface area contributed by atoms with Crippen LogP contribution in [0.2, 0.25) is 0 Å². The molecule has 122 valence electrons. The van der Waals surface area contributed by atoms with Crippen LogP contribution >= 0.6 is 11.6 Å². The molecule has 2 aromatic carbocycles. The lowest BCUT2D eigenvalue weighted by Crippen LogP contribution is -2.11. The van der Waals surface area contributed by atoms with Gasteiger partial charge in [0.15, 0.2) is 0 Å². The molecular weight excluding hydrogens is 310 g/mol. The predicted octanol–water partition coefficient (Wildman–Crippen LogP) is 4.66. The lowest BCUT2D eigenvalue weighted by atomic mass is 10.1. The minimum Gasteiger partial charge on any atom is -0.494 e. The summed E-state index contributed by atoms with van der Waals surface area (Å²) in [6.45, 7) is 0.651. The molecule has 0 atom stereocenters. The maximum atomic E-state index is 11.7. The molecule has 0 aromatic heterocycles. The minimum atomic E-state index is -0.0214. The Morgan fingerprint density at radius 1 is 1.04 bits per heavy atom. The van der Waals surface area contributed by atoms with Gasteiger partial charge < -0.3 is 10.1 Å². The third-order valence-corrected chi connectivity index (χ3v) is 3.64. The molecule has 3 nitrogen and oxygen atoms in total. The predicted molar refractivity (Wildman–Crippen MR) is 95.3 cm³/mol. The number of anilines is 1. The van der Waals surface area contributed by atoms with Gasteiger partial charge in [-0.2, -0.15) is 0 Å². The van der Waals surface area contributed by atoms with E-state index in [1.807, 2.05) is 42.5 Å². The Bertz CT molecular complexity index is 601. The third-order valence-electron chi connectivity index (χ3n) is 3.38. The summed E-state index contributed by atoms with van der Waals surface area (Å²) in [5, 5.41) is 2.86. The number of alkyl halides is 1. The highest BCUT2D eigenvalue weighted by Crippen LogP contribution is 2.18. The van der Waals surface area contributed by atoms with Crippen molar-refractivity contribution in [3.63, 3.8) is 0 Å². The highest BCUT2D eigenvalue weighted by molar-refractivity contribution is 6.18. The summed E-state index contributed by atoms with van der Waals surface area (Å²) < 4.78 is 5.76. The van der Waals surface area contributed by atoms with E-state index in [-0.39, 0.29) is 5.91 Å². The number of benzene rings is 2. The quantitative estimate of drug-likeness (QED) is 0.536. The molecule has 0 aliphatic heterocycles. The lowest BCUT2D eigenvalue weighted by molar-refractivity contribution is -0.116. The van der Waals surface area contributed by atoms with Crippen molar-refractivity contribution in [3.8, 4) is 5.75 Å². The zero-order valence-corrected chi connectivity index (χ0v) is 13.9. The Hall–Kier alpha value is -2.00. The van der Waals surface area contributed by atoms with Gasteiger partial charge in [-0.15, -0.1) is 11.6 Å². The van der Waals surface area contributed by atoms with Gasteiger partial charge in [-0.05, 0) is 37.0 Å². The topological polar surface area (TPSA) is 38.3 Å². The van der Waals surface area contributed by atoms with Gasteiger partial charge in [-0.25, -0.2) is 0 Å². The third kappa shape index (κ3) is 6.74. The van der Waals surface area contributed by atoms with E-state index in [1.165, 1.54) is 5.56 Å². The number of rotatable bonds is 9. The summed E-state index contributed by atoms with van der Waals surface area (Å²) in [6.07, 6.45) is 3.07. The maximum absolute atomic E-state index is 11.7. The van der Waals surface area contributed by atoms with E-state index in [0.717, 1.165) is 24.3 Å². The highest BCUT2D eigenvalue weighted by atomic mass is 35.5. The Kier molecular flexibility index (Phi) is 7.47. The van der Waals surface area contributed by atoms with Crippen molar-refractivity contribution in [2.24, 2.45) is 0 Å². The molecule has 0 heterocycles. The van der Waals surface area contributed by atoms with E-state index < -0.39 is 0 Å². The number of ether oxygens (including phenoxy) is 1. The molecule has 1 N–H and O–H groups in total. The van der Waals surface area contributed by atoms with E-state index in [0.29, 0.717) is 25.3 Å². The highest BCUT2D eigenvalue weighted by Gasteiger charge is 2.03. The number of aryl methyl sites for hydroxylation is 1. The van der Waals surface area contributed by atoms with Crippen LogP contribution in [0.15, 0.2) is 54.6 Å². The number of carbonyl (C=O) groups is 1. The fourth-order valence-electron chi connectivity index (χ4n) is 2.23. The van der Waals surface area contributed by atoms with Gasteiger partial charge in [0.1, 0.15) is 5.75 Å². The van der Waals surface area contributed by atoms with Crippen LogP contribution in [0.25, 0.3) is 0 Å². The maximum Gasteiger partial charge on any atom is 0.224 e. The van der Waals surface area contributed by atoms with Crippen molar-refractivity contribution in [2.45, 2.75) is 25.7 Å². The van der Waals surface area contributed by atoms with E-state index in [9.17, 15) is 4.79 Å². The zero-order chi connectivity index (χ0) is 16.3. The zero-order valence-electron chi connectivity index (χ0n) is 13.1. The lowest BCUT2D eigenvalue weighted by Gasteiger charge is -2.09. The molecule has 0 fully saturated rings. The van der Waals surface area contributed by atoms with Crippen molar-refractivity contribution in [1.29, 1.82) is 0 Å². The Morgan fingerprint density at radius 3 is 2.65 bits per heavy atom. The molecule has 23 heavy (non-hydrogen) atoms. The number of hydrogen-bond acceptors (Lipinski definition) is 2.